The number of hydrogen-bond acceptors (Lipinski definition) is 1. The Morgan fingerprint density at radius 2 is 2.08 bits per heavy atom. The molecule has 0 saturated heterocycles. The average molecular weight is 180 g/mol. The van der Waals surface area contributed by atoms with Crippen LogP contribution in [0.15, 0.2) is 12.2 Å². The maximum atomic E-state index is 9.94. The highest BCUT2D eigenvalue weighted by Gasteiger charge is 2.55. The van der Waals surface area contributed by atoms with E-state index in [1.807, 2.05) is 0 Å². The summed E-state index contributed by atoms with van der Waals surface area (Å²) in [5, 5.41) is 9.94. The molecule has 0 spiro atoms. The van der Waals surface area contributed by atoms with Gasteiger partial charge in [0.1, 0.15) is 0 Å². The zero-order valence-corrected chi connectivity index (χ0v) is 8.50. The first-order valence-electron chi connectivity index (χ1n) is 5.58. The van der Waals surface area contributed by atoms with Crippen molar-refractivity contribution >= 4 is 0 Å². The highest BCUT2D eigenvalue weighted by molar-refractivity contribution is 5.07. The van der Waals surface area contributed by atoms with Gasteiger partial charge in [-0.15, -0.1) is 0 Å². The highest BCUT2D eigenvalue weighted by atomic mass is 16.3. The maximum Gasteiger partial charge on any atom is 0.0610 e. The van der Waals surface area contributed by atoms with Crippen molar-refractivity contribution < 1.29 is 5.11 Å². The molecule has 2 rings (SSSR count). The molecule has 0 radical (unpaired) electrons. The normalized spacial score (nSPS) is 38.5. The molecule has 3 unspecified atom stereocenters. The van der Waals surface area contributed by atoms with E-state index in [1.54, 1.807) is 0 Å². The van der Waals surface area contributed by atoms with Gasteiger partial charge in [-0.2, -0.15) is 0 Å². The molecule has 1 nitrogen and oxygen atoms in total. The molecule has 2 saturated carbocycles. The third kappa shape index (κ3) is 1.67. The summed E-state index contributed by atoms with van der Waals surface area (Å²) < 4.78 is 0. The van der Waals surface area contributed by atoms with Gasteiger partial charge in [0, 0.05) is 0 Å². The lowest BCUT2D eigenvalue weighted by Gasteiger charge is -2.13. The Kier molecular flexibility index (Phi) is 2.46. The van der Waals surface area contributed by atoms with E-state index < -0.39 is 0 Å². The second-order valence-corrected chi connectivity index (χ2v) is 4.71. The molecule has 0 aliphatic heterocycles. The van der Waals surface area contributed by atoms with Crippen LogP contribution in [0.3, 0.4) is 0 Å². The van der Waals surface area contributed by atoms with Crippen LogP contribution in [-0.4, -0.2) is 11.2 Å². The van der Waals surface area contributed by atoms with Crippen LogP contribution in [-0.2, 0) is 0 Å². The number of aliphatic hydroxyl groups is 1. The SMILES string of the molecule is C=C(CC)CC(O)C1C2CCCC21. The first-order chi connectivity index (χ1) is 6.24. The van der Waals surface area contributed by atoms with Gasteiger partial charge >= 0.3 is 0 Å². The monoisotopic (exact) mass is 180 g/mol. The van der Waals surface area contributed by atoms with E-state index in [1.165, 1.54) is 24.8 Å². The van der Waals surface area contributed by atoms with E-state index in [9.17, 15) is 5.11 Å². The Balaban J connectivity index is 1.79. The van der Waals surface area contributed by atoms with Gasteiger partial charge < -0.3 is 5.11 Å². The van der Waals surface area contributed by atoms with Crippen LogP contribution in [0.2, 0.25) is 0 Å². The fourth-order valence-corrected chi connectivity index (χ4v) is 3.02. The molecule has 0 bridgehead atoms. The second-order valence-electron chi connectivity index (χ2n) is 4.71. The van der Waals surface area contributed by atoms with Crippen molar-refractivity contribution in [3.8, 4) is 0 Å². The largest absolute Gasteiger partial charge is 0.392 e. The topological polar surface area (TPSA) is 20.2 Å². The summed E-state index contributed by atoms with van der Waals surface area (Å²) in [6.07, 6.45) is 5.90. The fourth-order valence-electron chi connectivity index (χ4n) is 3.02. The van der Waals surface area contributed by atoms with Gasteiger partial charge in [-0.1, -0.05) is 25.5 Å². The predicted molar refractivity (Wildman–Crippen MR) is 54.4 cm³/mol. The molecule has 2 aliphatic rings. The quantitative estimate of drug-likeness (QED) is 0.659. The van der Waals surface area contributed by atoms with Crippen LogP contribution >= 0.6 is 0 Å². The average Bonchev–Trinajstić information content (AvgIpc) is 2.61. The summed E-state index contributed by atoms with van der Waals surface area (Å²) in [5.41, 5.74) is 1.21. The van der Waals surface area contributed by atoms with Crippen molar-refractivity contribution in [1.29, 1.82) is 0 Å². The molecular weight excluding hydrogens is 160 g/mol. The van der Waals surface area contributed by atoms with Crippen LogP contribution in [0, 0.1) is 17.8 Å². The standard InChI is InChI=1S/C12H20O/c1-3-8(2)7-11(13)12-9-5-4-6-10(9)12/h9-13H,2-7H2,1H3. The molecule has 0 heterocycles. The van der Waals surface area contributed by atoms with E-state index >= 15 is 0 Å². The Bertz CT molecular complexity index is 199. The Morgan fingerprint density at radius 3 is 2.62 bits per heavy atom. The van der Waals surface area contributed by atoms with Gasteiger partial charge in [0.15, 0.2) is 0 Å². The van der Waals surface area contributed by atoms with Crippen molar-refractivity contribution in [2.45, 2.75) is 45.1 Å². The molecule has 0 amide bonds. The van der Waals surface area contributed by atoms with Crippen molar-refractivity contribution in [1.82, 2.24) is 0 Å². The Hall–Kier alpha value is -0.300. The van der Waals surface area contributed by atoms with E-state index in [2.05, 4.69) is 13.5 Å². The van der Waals surface area contributed by atoms with Crippen LogP contribution in [0.25, 0.3) is 0 Å². The van der Waals surface area contributed by atoms with E-state index in [0.29, 0.717) is 5.92 Å². The summed E-state index contributed by atoms with van der Waals surface area (Å²) in [4.78, 5) is 0. The van der Waals surface area contributed by atoms with Crippen molar-refractivity contribution in [3.63, 3.8) is 0 Å². The number of rotatable bonds is 4. The van der Waals surface area contributed by atoms with Crippen LogP contribution in [0.1, 0.15) is 39.0 Å². The first kappa shape index (κ1) is 9.26. The molecule has 1 N–H and O–H groups in total. The lowest BCUT2D eigenvalue weighted by Crippen LogP contribution is -2.13. The minimum absolute atomic E-state index is 0.0808. The lowest BCUT2D eigenvalue weighted by molar-refractivity contribution is 0.135. The number of hydrogen-bond donors (Lipinski definition) is 1. The molecular formula is C12H20O. The van der Waals surface area contributed by atoms with Gasteiger partial charge in [-0.05, 0) is 43.4 Å². The van der Waals surface area contributed by atoms with Crippen molar-refractivity contribution in [2.75, 3.05) is 0 Å². The van der Waals surface area contributed by atoms with Gasteiger partial charge in [0.05, 0.1) is 6.10 Å². The van der Waals surface area contributed by atoms with Gasteiger partial charge in [0.25, 0.3) is 0 Å². The number of fused-ring (bicyclic) bond motifs is 1. The summed E-state index contributed by atoms with van der Waals surface area (Å²) in [6, 6.07) is 0. The molecule has 1 heteroatoms. The molecule has 74 valence electrons. The smallest absolute Gasteiger partial charge is 0.0610 e. The van der Waals surface area contributed by atoms with Gasteiger partial charge in [-0.3, -0.25) is 0 Å². The van der Waals surface area contributed by atoms with E-state index in [0.717, 1.165) is 24.7 Å². The molecule has 0 aromatic heterocycles. The zero-order valence-electron chi connectivity index (χ0n) is 8.50. The van der Waals surface area contributed by atoms with Crippen molar-refractivity contribution in [2.24, 2.45) is 17.8 Å². The molecule has 0 aromatic carbocycles. The maximum absolute atomic E-state index is 9.94. The molecule has 13 heavy (non-hydrogen) atoms. The van der Waals surface area contributed by atoms with Gasteiger partial charge in [-0.25, -0.2) is 0 Å². The summed E-state index contributed by atoms with van der Waals surface area (Å²) >= 11 is 0. The van der Waals surface area contributed by atoms with Gasteiger partial charge in [0.2, 0.25) is 0 Å². The molecule has 0 aromatic rings. The minimum Gasteiger partial charge on any atom is -0.392 e. The number of aliphatic hydroxyl groups excluding tert-OH is 1. The first-order valence-corrected chi connectivity index (χ1v) is 5.58. The third-order valence-corrected chi connectivity index (χ3v) is 3.91. The van der Waals surface area contributed by atoms with E-state index in [4.69, 9.17) is 0 Å². The van der Waals surface area contributed by atoms with Crippen molar-refractivity contribution in [3.05, 3.63) is 12.2 Å². The summed E-state index contributed by atoms with van der Waals surface area (Å²) in [5.74, 6) is 2.39. The highest BCUT2D eigenvalue weighted by Crippen LogP contribution is 2.59. The molecule has 3 atom stereocenters. The predicted octanol–water partition coefficient (Wildman–Crippen LogP) is 2.75. The van der Waals surface area contributed by atoms with E-state index in [-0.39, 0.29) is 6.10 Å². The lowest BCUT2D eigenvalue weighted by atomic mass is 9.99. The summed E-state index contributed by atoms with van der Waals surface area (Å²) in [6.45, 7) is 6.07. The van der Waals surface area contributed by atoms with Crippen LogP contribution in [0.4, 0.5) is 0 Å². The minimum atomic E-state index is -0.0808. The third-order valence-electron chi connectivity index (χ3n) is 3.91. The second kappa shape index (κ2) is 3.45. The fraction of sp³-hybridized carbons (Fsp3) is 0.833. The summed E-state index contributed by atoms with van der Waals surface area (Å²) in [7, 11) is 0. The Labute approximate surface area is 80.8 Å². The Morgan fingerprint density at radius 1 is 1.46 bits per heavy atom. The van der Waals surface area contributed by atoms with Crippen LogP contribution < -0.4 is 0 Å². The molecule has 2 fully saturated rings. The molecule has 2 aliphatic carbocycles. The zero-order chi connectivity index (χ0) is 9.42. The van der Waals surface area contributed by atoms with Crippen LogP contribution in [0.5, 0.6) is 0 Å².